The van der Waals surface area contributed by atoms with Crippen LogP contribution in [-0.4, -0.2) is 31.5 Å². The molecule has 0 fully saturated rings. The van der Waals surface area contributed by atoms with E-state index in [4.69, 9.17) is 16.3 Å². The van der Waals surface area contributed by atoms with Crippen molar-refractivity contribution in [2.45, 2.75) is 13.3 Å². The molecule has 3 N–H and O–H groups in total. The molecule has 0 radical (unpaired) electrons. The number of rotatable bonds is 5. The van der Waals surface area contributed by atoms with Gasteiger partial charge < -0.3 is 20.7 Å². The van der Waals surface area contributed by atoms with Crippen molar-refractivity contribution in [3.8, 4) is 5.75 Å². The molecule has 0 atom stereocenters. The van der Waals surface area contributed by atoms with E-state index in [1.807, 2.05) is 6.92 Å². The molecule has 0 spiro atoms. The lowest BCUT2D eigenvalue weighted by Gasteiger charge is -2.19. The van der Waals surface area contributed by atoms with Crippen LogP contribution in [0.15, 0.2) is 12.1 Å². The Morgan fingerprint density at radius 3 is 3.05 bits per heavy atom. The van der Waals surface area contributed by atoms with Gasteiger partial charge in [0.05, 0.1) is 22.9 Å². The standard InChI is InChI=1S/C13H16ClN3O3/c1-2-3-15-6-12(18)16-9-5-11-10(4-8(9)14)17-13(19)7-20-11/h4-5,15H,2-3,6-7H2,1H3,(H,16,18)(H,17,19). The second kappa shape index (κ2) is 6.58. The number of hydrogen-bond donors (Lipinski definition) is 3. The topological polar surface area (TPSA) is 79.5 Å². The van der Waals surface area contributed by atoms with Crippen molar-refractivity contribution >= 4 is 34.8 Å². The molecular weight excluding hydrogens is 282 g/mol. The molecule has 2 amide bonds. The van der Waals surface area contributed by atoms with E-state index in [2.05, 4.69) is 16.0 Å². The number of ether oxygens (including phenoxy) is 1. The summed E-state index contributed by atoms with van der Waals surface area (Å²) in [5.41, 5.74) is 0.971. The van der Waals surface area contributed by atoms with Gasteiger partial charge in [-0.1, -0.05) is 18.5 Å². The first kappa shape index (κ1) is 14.6. The van der Waals surface area contributed by atoms with Crippen molar-refractivity contribution in [3.05, 3.63) is 17.2 Å². The fourth-order valence-corrected chi connectivity index (χ4v) is 1.98. The largest absolute Gasteiger partial charge is 0.482 e. The van der Waals surface area contributed by atoms with Crippen LogP contribution in [0.2, 0.25) is 5.02 Å². The molecule has 0 saturated carbocycles. The number of nitrogens with one attached hydrogen (secondary N) is 3. The molecule has 1 aliphatic heterocycles. The zero-order valence-electron chi connectivity index (χ0n) is 11.1. The van der Waals surface area contributed by atoms with Crippen LogP contribution in [0, 0.1) is 0 Å². The fourth-order valence-electron chi connectivity index (χ4n) is 1.77. The Labute approximate surface area is 121 Å². The lowest BCUT2D eigenvalue weighted by atomic mass is 10.2. The number of halogens is 1. The van der Waals surface area contributed by atoms with Crippen molar-refractivity contribution in [1.29, 1.82) is 0 Å². The Morgan fingerprint density at radius 1 is 1.50 bits per heavy atom. The highest BCUT2D eigenvalue weighted by Crippen LogP contribution is 2.36. The van der Waals surface area contributed by atoms with Gasteiger partial charge in [0.15, 0.2) is 6.61 Å². The number of hydrogen-bond acceptors (Lipinski definition) is 4. The Balaban J connectivity index is 2.05. The lowest BCUT2D eigenvalue weighted by Crippen LogP contribution is -2.29. The van der Waals surface area contributed by atoms with E-state index in [1.54, 1.807) is 12.1 Å². The molecule has 1 aromatic rings. The average Bonchev–Trinajstić information content (AvgIpc) is 2.40. The quantitative estimate of drug-likeness (QED) is 0.721. The first-order valence-electron chi connectivity index (χ1n) is 6.37. The zero-order chi connectivity index (χ0) is 14.5. The maximum atomic E-state index is 11.7. The molecule has 1 aliphatic rings. The summed E-state index contributed by atoms with van der Waals surface area (Å²) >= 11 is 6.07. The second-order valence-corrected chi connectivity index (χ2v) is 4.80. The van der Waals surface area contributed by atoms with Gasteiger partial charge in [-0.3, -0.25) is 9.59 Å². The number of amides is 2. The highest BCUT2D eigenvalue weighted by atomic mass is 35.5. The van der Waals surface area contributed by atoms with Crippen LogP contribution in [-0.2, 0) is 9.59 Å². The van der Waals surface area contributed by atoms with Crippen LogP contribution in [0.4, 0.5) is 11.4 Å². The summed E-state index contributed by atoms with van der Waals surface area (Å²) in [6.45, 7) is 2.98. The molecule has 2 rings (SSSR count). The Kier molecular flexibility index (Phi) is 4.81. The molecule has 0 bridgehead atoms. The predicted octanol–water partition coefficient (Wildman–Crippen LogP) is 1.61. The summed E-state index contributed by atoms with van der Waals surface area (Å²) in [6, 6.07) is 3.16. The minimum absolute atomic E-state index is 0.0416. The minimum atomic E-state index is -0.228. The predicted molar refractivity (Wildman–Crippen MR) is 77.4 cm³/mol. The number of benzene rings is 1. The maximum Gasteiger partial charge on any atom is 0.262 e. The summed E-state index contributed by atoms with van der Waals surface area (Å²) < 4.78 is 5.27. The molecule has 0 saturated heterocycles. The minimum Gasteiger partial charge on any atom is -0.482 e. The van der Waals surface area contributed by atoms with Gasteiger partial charge in [0, 0.05) is 6.07 Å². The van der Waals surface area contributed by atoms with Gasteiger partial charge in [-0.25, -0.2) is 0 Å². The first-order valence-corrected chi connectivity index (χ1v) is 6.74. The van der Waals surface area contributed by atoms with Crippen LogP contribution >= 0.6 is 11.6 Å². The van der Waals surface area contributed by atoms with E-state index >= 15 is 0 Å². The Hall–Kier alpha value is -1.79. The van der Waals surface area contributed by atoms with Crippen molar-refractivity contribution in [3.63, 3.8) is 0 Å². The van der Waals surface area contributed by atoms with E-state index in [1.165, 1.54) is 0 Å². The number of fused-ring (bicyclic) bond motifs is 1. The van der Waals surface area contributed by atoms with E-state index in [0.717, 1.165) is 13.0 Å². The van der Waals surface area contributed by atoms with E-state index in [0.29, 0.717) is 22.1 Å². The summed E-state index contributed by atoms with van der Waals surface area (Å²) in [6.07, 6.45) is 0.959. The molecular formula is C13H16ClN3O3. The van der Waals surface area contributed by atoms with Gasteiger partial charge in [0.2, 0.25) is 5.91 Å². The fraction of sp³-hybridized carbons (Fsp3) is 0.385. The third-order valence-corrected chi connectivity index (χ3v) is 3.00. The Bertz CT molecular complexity index is 534. The van der Waals surface area contributed by atoms with E-state index in [9.17, 15) is 9.59 Å². The maximum absolute atomic E-state index is 11.7. The molecule has 0 aromatic heterocycles. The van der Waals surface area contributed by atoms with Crippen molar-refractivity contribution in [2.75, 3.05) is 30.3 Å². The third kappa shape index (κ3) is 3.61. The normalized spacial score (nSPS) is 13.2. The summed E-state index contributed by atoms with van der Waals surface area (Å²) in [5, 5.41) is 8.70. The molecule has 0 unspecified atom stereocenters. The van der Waals surface area contributed by atoms with Crippen LogP contribution in [0.5, 0.6) is 5.75 Å². The molecule has 20 heavy (non-hydrogen) atoms. The highest BCUT2D eigenvalue weighted by molar-refractivity contribution is 6.34. The SMILES string of the molecule is CCCNCC(=O)Nc1cc2c(cc1Cl)NC(=O)CO2. The van der Waals surface area contributed by atoms with Gasteiger partial charge in [0.25, 0.3) is 5.91 Å². The van der Waals surface area contributed by atoms with Crippen molar-refractivity contribution in [2.24, 2.45) is 0 Å². The number of anilines is 2. The van der Waals surface area contributed by atoms with Gasteiger partial charge in [-0.2, -0.15) is 0 Å². The van der Waals surface area contributed by atoms with Gasteiger partial charge in [-0.15, -0.1) is 0 Å². The monoisotopic (exact) mass is 297 g/mol. The lowest BCUT2D eigenvalue weighted by molar-refractivity contribution is -0.118. The smallest absolute Gasteiger partial charge is 0.262 e. The van der Waals surface area contributed by atoms with E-state index < -0.39 is 0 Å². The highest BCUT2D eigenvalue weighted by Gasteiger charge is 2.18. The third-order valence-electron chi connectivity index (χ3n) is 2.69. The molecule has 7 heteroatoms. The van der Waals surface area contributed by atoms with Crippen molar-refractivity contribution < 1.29 is 14.3 Å². The van der Waals surface area contributed by atoms with Crippen molar-refractivity contribution in [1.82, 2.24) is 5.32 Å². The van der Waals surface area contributed by atoms with E-state index in [-0.39, 0.29) is 25.0 Å². The molecule has 108 valence electrons. The van der Waals surface area contributed by atoms with Crippen LogP contribution in [0.25, 0.3) is 0 Å². The van der Waals surface area contributed by atoms with Gasteiger partial charge >= 0.3 is 0 Å². The van der Waals surface area contributed by atoms with Gasteiger partial charge in [0.1, 0.15) is 5.75 Å². The number of carbonyl (C=O) groups is 2. The van der Waals surface area contributed by atoms with Crippen LogP contribution in [0.1, 0.15) is 13.3 Å². The van der Waals surface area contributed by atoms with Crippen LogP contribution in [0.3, 0.4) is 0 Å². The summed E-state index contributed by atoms with van der Waals surface area (Å²) in [5.74, 6) is 0.0834. The first-order chi connectivity index (χ1) is 9.60. The molecule has 0 aliphatic carbocycles. The summed E-state index contributed by atoms with van der Waals surface area (Å²) in [7, 11) is 0. The molecule has 1 heterocycles. The molecule has 1 aromatic carbocycles. The Morgan fingerprint density at radius 2 is 2.30 bits per heavy atom. The van der Waals surface area contributed by atoms with Crippen LogP contribution < -0.4 is 20.7 Å². The average molecular weight is 298 g/mol. The van der Waals surface area contributed by atoms with Gasteiger partial charge in [-0.05, 0) is 19.0 Å². The number of carbonyl (C=O) groups excluding carboxylic acids is 2. The summed E-state index contributed by atoms with van der Waals surface area (Å²) in [4.78, 5) is 22.9. The second-order valence-electron chi connectivity index (χ2n) is 4.39. The molecule has 6 nitrogen and oxygen atoms in total. The zero-order valence-corrected chi connectivity index (χ0v) is 11.8.